The Kier molecular flexibility index (Phi) is 8.58. The molecule has 3 heterocycles. The number of aromatic nitrogens is 1. The maximum Gasteiger partial charge on any atom is 0.246 e. The molecule has 48 heavy (non-hydrogen) atoms. The second-order valence-electron chi connectivity index (χ2n) is 12.9. The van der Waals surface area contributed by atoms with E-state index in [2.05, 4.69) is 11.6 Å². The van der Waals surface area contributed by atoms with Gasteiger partial charge in [-0.2, -0.15) is 0 Å². The molecule has 2 saturated heterocycles. The van der Waals surface area contributed by atoms with Crippen molar-refractivity contribution in [3.8, 4) is 5.75 Å². The molecule has 3 fully saturated rings. The van der Waals surface area contributed by atoms with Gasteiger partial charge in [0, 0.05) is 49.0 Å². The van der Waals surface area contributed by atoms with Gasteiger partial charge in [0.2, 0.25) is 17.7 Å². The number of hydrazine groups is 1. The first kappa shape index (κ1) is 31.4. The first-order valence-corrected chi connectivity index (χ1v) is 16.5. The van der Waals surface area contributed by atoms with E-state index >= 15 is 0 Å². The van der Waals surface area contributed by atoms with Crippen LogP contribution in [-0.4, -0.2) is 85.3 Å². The molecule has 10 nitrogen and oxygen atoms in total. The summed E-state index contributed by atoms with van der Waals surface area (Å²) in [4.78, 5) is 62.1. The average molecular weight is 646 g/mol. The van der Waals surface area contributed by atoms with E-state index < -0.39 is 12.2 Å². The van der Waals surface area contributed by atoms with E-state index in [4.69, 9.17) is 0 Å². The van der Waals surface area contributed by atoms with Crippen molar-refractivity contribution in [1.82, 2.24) is 24.8 Å². The Labute approximate surface area is 279 Å². The predicted molar refractivity (Wildman–Crippen MR) is 180 cm³/mol. The van der Waals surface area contributed by atoms with Gasteiger partial charge in [-0.3, -0.25) is 19.2 Å². The second-order valence-corrected chi connectivity index (χ2v) is 12.9. The fourth-order valence-corrected chi connectivity index (χ4v) is 7.09. The number of hydrogen-bond donors (Lipinski definition) is 2. The highest BCUT2D eigenvalue weighted by Gasteiger charge is 2.51. The number of rotatable bonds is 11. The molecule has 246 valence electrons. The maximum atomic E-state index is 14.4. The number of aromatic hydroxyl groups is 1. The van der Waals surface area contributed by atoms with Gasteiger partial charge in [-0.05, 0) is 48.1 Å². The summed E-state index contributed by atoms with van der Waals surface area (Å²) in [6.45, 7) is 4.46. The second kappa shape index (κ2) is 13.1. The highest BCUT2D eigenvalue weighted by Crippen LogP contribution is 2.36. The highest BCUT2D eigenvalue weighted by atomic mass is 16.3. The van der Waals surface area contributed by atoms with Crippen LogP contribution in [0.3, 0.4) is 0 Å². The molecule has 3 aliphatic rings. The molecule has 1 saturated carbocycles. The number of piperazine rings is 1. The Morgan fingerprint density at radius 3 is 2.46 bits per heavy atom. The van der Waals surface area contributed by atoms with Crippen molar-refractivity contribution in [2.75, 3.05) is 19.6 Å². The van der Waals surface area contributed by atoms with E-state index in [9.17, 15) is 24.3 Å². The molecule has 0 bridgehead atoms. The molecule has 0 radical (unpaired) electrons. The van der Waals surface area contributed by atoms with Gasteiger partial charge >= 0.3 is 0 Å². The number of carbonyl (C=O) groups excluding carboxylic acids is 4. The van der Waals surface area contributed by atoms with Crippen LogP contribution < -0.4 is 0 Å². The lowest BCUT2D eigenvalue weighted by atomic mass is 9.97. The third-order valence-electron chi connectivity index (χ3n) is 9.64. The van der Waals surface area contributed by atoms with E-state index in [0.29, 0.717) is 18.5 Å². The van der Waals surface area contributed by atoms with Gasteiger partial charge < -0.3 is 19.9 Å². The molecule has 1 aliphatic carbocycles. The zero-order chi connectivity index (χ0) is 33.4. The van der Waals surface area contributed by atoms with Crippen LogP contribution >= 0.6 is 0 Å². The molecule has 0 unspecified atom stereocenters. The Morgan fingerprint density at radius 1 is 0.958 bits per heavy atom. The van der Waals surface area contributed by atoms with Gasteiger partial charge in [-0.25, -0.2) is 10.0 Å². The molecule has 10 heteroatoms. The number of para-hydroxylation sites is 1. The normalized spacial score (nSPS) is 19.9. The van der Waals surface area contributed by atoms with Crippen LogP contribution in [0.25, 0.3) is 10.9 Å². The minimum absolute atomic E-state index is 0.0570. The molecule has 2 aliphatic heterocycles. The van der Waals surface area contributed by atoms with Crippen molar-refractivity contribution in [3.63, 3.8) is 0 Å². The Morgan fingerprint density at radius 2 is 1.73 bits per heavy atom. The summed E-state index contributed by atoms with van der Waals surface area (Å²) in [5.41, 5.74) is 4.14. The topological polar surface area (TPSA) is 117 Å². The molecule has 2 N–H and O–H groups in total. The van der Waals surface area contributed by atoms with E-state index in [1.54, 1.807) is 56.4 Å². The molecule has 3 aromatic carbocycles. The summed E-state index contributed by atoms with van der Waals surface area (Å²) in [5, 5.41) is 14.1. The average Bonchev–Trinajstić information content (AvgIpc) is 3.85. The number of nitrogens with one attached hydrogen (secondary N) is 1. The van der Waals surface area contributed by atoms with Crippen LogP contribution in [-0.2, 0) is 33.8 Å². The van der Waals surface area contributed by atoms with E-state index in [-0.39, 0.29) is 67.6 Å². The molecular weight excluding hydrogens is 606 g/mol. The SMILES string of the molecule is C=CCN1CC(=O)N2[C@@H](Cc3ccc(O)cc3)C(=O)N(Cc3cccc4c(C(=O)C5CC5)c[nH]c34)C[C@@H]2N1C(=O)CCc1ccccc1. The molecule has 0 spiro atoms. The van der Waals surface area contributed by atoms with E-state index in [1.165, 1.54) is 0 Å². The van der Waals surface area contributed by atoms with Crippen molar-refractivity contribution in [3.05, 3.63) is 114 Å². The molecule has 3 amide bonds. The Hall–Kier alpha value is -5.22. The van der Waals surface area contributed by atoms with Crippen molar-refractivity contribution in [1.29, 1.82) is 0 Å². The number of aromatic amines is 1. The number of ketones is 1. The number of amides is 3. The van der Waals surface area contributed by atoms with E-state index in [1.807, 2.05) is 48.5 Å². The number of phenolic OH excluding ortho intramolecular Hbond substituents is 1. The standard InChI is InChI=1S/C38H39N5O5/c1-2-19-41-24-35(46)42-32(20-26-11-16-29(44)17-12-26)38(48)40(23-33(42)43(41)34(45)18-13-25-7-4-3-5-8-25)22-28-9-6-10-30-31(21-39-36(28)30)37(47)27-14-15-27/h2-12,16-17,21,27,32-33,39,44H,1,13-15,18-20,22-24H2/t32-,33-/m0/s1. The van der Waals surface area contributed by atoms with Crippen molar-refractivity contribution in [2.45, 2.75) is 50.9 Å². The van der Waals surface area contributed by atoms with Gasteiger partial charge in [-0.1, -0.05) is 66.7 Å². The Balaban J connectivity index is 1.24. The fraction of sp³-hybridized carbons (Fsp3) is 0.316. The van der Waals surface area contributed by atoms with Crippen molar-refractivity contribution in [2.24, 2.45) is 5.92 Å². The van der Waals surface area contributed by atoms with Crippen LogP contribution in [0.1, 0.15) is 46.3 Å². The maximum absolute atomic E-state index is 14.4. The summed E-state index contributed by atoms with van der Waals surface area (Å²) in [6.07, 6.45) is 5.52. The van der Waals surface area contributed by atoms with Crippen LogP contribution in [0.4, 0.5) is 0 Å². The number of H-pyrrole nitrogens is 1. The molecule has 7 rings (SSSR count). The van der Waals surface area contributed by atoms with E-state index in [0.717, 1.165) is 40.4 Å². The van der Waals surface area contributed by atoms with Gasteiger partial charge in [0.05, 0.1) is 18.6 Å². The minimum atomic E-state index is -0.869. The zero-order valence-electron chi connectivity index (χ0n) is 26.8. The third kappa shape index (κ3) is 6.11. The van der Waals surface area contributed by atoms with Gasteiger partial charge in [0.1, 0.15) is 18.0 Å². The lowest BCUT2D eigenvalue weighted by Crippen LogP contribution is -2.75. The first-order valence-electron chi connectivity index (χ1n) is 16.5. The predicted octanol–water partition coefficient (Wildman–Crippen LogP) is 4.45. The third-order valence-corrected chi connectivity index (χ3v) is 9.64. The van der Waals surface area contributed by atoms with Crippen LogP contribution in [0.15, 0.2) is 91.6 Å². The minimum Gasteiger partial charge on any atom is -0.508 e. The van der Waals surface area contributed by atoms with Crippen molar-refractivity contribution >= 4 is 34.4 Å². The summed E-state index contributed by atoms with van der Waals surface area (Å²) in [5.74, 6) is -0.271. The molecule has 1 aromatic heterocycles. The number of aryl methyl sites for hydroxylation is 1. The number of nitrogens with zero attached hydrogens (tertiary/aromatic N) is 4. The van der Waals surface area contributed by atoms with Gasteiger partial charge in [0.25, 0.3) is 0 Å². The number of phenols is 1. The smallest absolute Gasteiger partial charge is 0.246 e. The summed E-state index contributed by atoms with van der Waals surface area (Å²) >= 11 is 0. The first-order chi connectivity index (χ1) is 23.3. The number of benzene rings is 3. The number of hydrogen-bond acceptors (Lipinski definition) is 6. The fourth-order valence-electron chi connectivity index (χ4n) is 7.09. The van der Waals surface area contributed by atoms with Crippen LogP contribution in [0.5, 0.6) is 5.75 Å². The number of Topliss-reactive ketones (excluding diaryl/α,β-unsaturated/α-hetero) is 1. The van der Waals surface area contributed by atoms with Crippen LogP contribution in [0.2, 0.25) is 0 Å². The monoisotopic (exact) mass is 645 g/mol. The number of fused-ring (bicyclic) bond motifs is 2. The largest absolute Gasteiger partial charge is 0.508 e. The lowest BCUT2D eigenvalue weighted by Gasteiger charge is -2.55. The quantitative estimate of drug-likeness (QED) is 0.184. The van der Waals surface area contributed by atoms with Gasteiger partial charge in [0.15, 0.2) is 5.78 Å². The molecular formula is C38H39N5O5. The lowest BCUT2D eigenvalue weighted by molar-refractivity contribution is -0.205. The summed E-state index contributed by atoms with van der Waals surface area (Å²) in [7, 11) is 0. The molecule has 2 atom stereocenters. The number of carbonyl (C=O) groups is 4. The summed E-state index contributed by atoms with van der Waals surface area (Å²) in [6, 6.07) is 21.3. The zero-order valence-corrected chi connectivity index (χ0v) is 26.8. The molecule has 4 aromatic rings. The Bertz CT molecular complexity index is 1870. The summed E-state index contributed by atoms with van der Waals surface area (Å²) < 4.78 is 0. The van der Waals surface area contributed by atoms with Crippen LogP contribution in [0, 0.1) is 5.92 Å². The van der Waals surface area contributed by atoms with Gasteiger partial charge in [-0.15, -0.1) is 6.58 Å². The van der Waals surface area contributed by atoms with Crippen molar-refractivity contribution < 1.29 is 24.3 Å². The highest BCUT2D eigenvalue weighted by molar-refractivity contribution is 6.10.